The van der Waals surface area contributed by atoms with Gasteiger partial charge in [-0.1, -0.05) is 53.0 Å². The highest BCUT2D eigenvalue weighted by molar-refractivity contribution is 7.96. The maximum absolute atomic E-state index is 11.0. The first-order valence-corrected chi connectivity index (χ1v) is 6.02. The molecule has 0 saturated carbocycles. The van der Waals surface area contributed by atoms with E-state index in [-0.39, 0.29) is 11.4 Å². The van der Waals surface area contributed by atoms with Gasteiger partial charge in [-0.05, 0) is 11.8 Å². The van der Waals surface area contributed by atoms with Crippen LogP contribution in [-0.2, 0) is 0 Å². The first-order valence-electron chi connectivity index (χ1n) is 5.13. The van der Waals surface area contributed by atoms with Gasteiger partial charge >= 0.3 is 0 Å². The fourth-order valence-corrected chi connectivity index (χ4v) is 1.28. The Kier molecular flexibility index (Phi) is 15.5. The molecule has 0 heterocycles. The van der Waals surface area contributed by atoms with Crippen LogP contribution in [-0.4, -0.2) is 28.5 Å². The Morgan fingerprint density at radius 1 is 1.06 bits per heavy atom. The van der Waals surface area contributed by atoms with Crippen LogP contribution in [0.1, 0.15) is 27.7 Å². The van der Waals surface area contributed by atoms with Gasteiger partial charge in [-0.2, -0.15) is 0 Å². The SMILES string of the molecule is CC(C)CN(CC(C)C)C(=O)S.N.NC(=O)S. The van der Waals surface area contributed by atoms with Gasteiger partial charge in [0.05, 0.1) is 0 Å². The van der Waals surface area contributed by atoms with E-state index in [1.54, 1.807) is 4.90 Å². The van der Waals surface area contributed by atoms with Crippen LogP contribution in [0.5, 0.6) is 0 Å². The number of hydrogen-bond acceptors (Lipinski definition) is 3. The molecule has 0 spiro atoms. The van der Waals surface area contributed by atoms with Crippen LogP contribution >= 0.6 is 25.3 Å². The third kappa shape index (κ3) is 21.4. The van der Waals surface area contributed by atoms with Crippen LogP contribution in [0, 0.1) is 11.8 Å². The summed E-state index contributed by atoms with van der Waals surface area (Å²) in [6, 6.07) is 0. The van der Waals surface area contributed by atoms with Crippen LogP contribution in [0.15, 0.2) is 0 Å². The molecule has 2 amide bonds. The smallest absolute Gasteiger partial charge is 0.278 e. The lowest BCUT2D eigenvalue weighted by atomic mass is 10.1. The number of primary amides is 1. The first-order chi connectivity index (χ1) is 7.16. The second-order valence-electron chi connectivity index (χ2n) is 4.31. The minimum absolute atomic E-state index is 0. The minimum Gasteiger partial charge on any atom is -0.361 e. The van der Waals surface area contributed by atoms with E-state index in [2.05, 4.69) is 58.7 Å². The van der Waals surface area contributed by atoms with E-state index in [1.807, 2.05) is 0 Å². The van der Waals surface area contributed by atoms with Crippen LogP contribution in [0.2, 0.25) is 0 Å². The molecule has 7 heteroatoms. The van der Waals surface area contributed by atoms with E-state index in [4.69, 9.17) is 4.79 Å². The van der Waals surface area contributed by atoms with E-state index in [9.17, 15) is 4.79 Å². The maximum atomic E-state index is 11.0. The van der Waals surface area contributed by atoms with Crippen LogP contribution in [0.25, 0.3) is 0 Å². The van der Waals surface area contributed by atoms with Gasteiger partial charge in [-0.25, -0.2) is 0 Å². The number of carbonyl (C=O) groups excluding carboxylic acids is 2. The lowest BCUT2D eigenvalue weighted by molar-refractivity contribution is 0.208. The molecule has 0 radical (unpaired) electrons. The molecule has 0 fully saturated rings. The van der Waals surface area contributed by atoms with Gasteiger partial charge in [0, 0.05) is 13.1 Å². The fraction of sp³-hybridized carbons (Fsp3) is 0.800. The van der Waals surface area contributed by atoms with Crippen molar-refractivity contribution < 1.29 is 9.59 Å². The Morgan fingerprint density at radius 3 is 1.41 bits per heavy atom. The average molecular weight is 283 g/mol. The molecule has 5 nitrogen and oxygen atoms in total. The zero-order chi connectivity index (χ0) is 13.3. The lowest BCUT2D eigenvalue weighted by Gasteiger charge is -2.24. The first kappa shape index (κ1) is 21.8. The van der Waals surface area contributed by atoms with Crippen LogP contribution < -0.4 is 11.9 Å². The molecule has 5 N–H and O–H groups in total. The Labute approximate surface area is 115 Å². The van der Waals surface area contributed by atoms with Gasteiger partial charge in [0.15, 0.2) is 0 Å². The second-order valence-corrected chi connectivity index (χ2v) is 5.14. The Balaban J connectivity index is -0.000000340. The summed E-state index contributed by atoms with van der Waals surface area (Å²) in [5.74, 6) is 1.03. The van der Waals surface area contributed by atoms with Crippen molar-refractivity contribution in [3.63, 3.8) is 0 Å². The quantitative estimate of drug-likeness (QED) is 0.597. The van der Waals surface area contributed by atoms with Crippen molar-refractivity contribution in [2.45, 2.75) is 27.7 Å². The predicted molar refractivity (Wildman–Crippen MR) is 79.2 cm³/mol. The number of thiol groups is 2. The highest BCUT2D eigenvalue weighted by Crippen LogP contribution is 2.06. The van der Waals surface area contributed by atoms with Crippen LogP contribution in [0.4, 0.5) is 9.59 Å². The van der Waals surface area contributed by atoms with Crippen LogP contribution in [0.3, 0.4) is 0 Å². The Morgan fingerprint density at radius 2 is 1.29 bits per heavy atom. The highest BCUT2D eigenvalue weighted by atomic mass is 32.1. The number of nitrogens with two attached hydrogens (primary N) is 1. The molecular formula is C10H25N3O2S2. The van der Waals surface area contributed by atoms with Crippen molar-refractivity contribution in [3.8, 4) is 0 Å². The summed E-state index contributed by atoms with van der Waals surface area (Å²) in [7, 11) is 0. The third-order valence-electron chi connectivity index (χ3n) is 1.44. The Bertz CT molecular complexity index is 210. The van der Waals surface area contributed by atoms with Crippen molar-refractivity contribution >= 4 is 35.7 Å². The van der Waals surface area contributed by atoms with E-state index in [1.165, 1.54) is 0 Å². The monoisotopic (exact) mass is 283 g/mol. The lowest BCUT2D eigenvalue weighted by Crippen LogP contribution is -2.33. The summed E-state index contributed by atoms with van der Waals surface area (Å²) >= 11 is 6.93. The molecule has 0 rings (SSSR count). The molecule has 0 bridgehead atoms. The molecular weight excluding hydrogens is 258 g/mol. The van der Waals surface area contributed by atoms with Gasteiger partial charge in [-0.3, -0.25) is 9.59 Å². The summed E-state index contributed by atoms with van der Waals surface area (Å²) in [5, 5.41) is -0.752. The van der Waals surface area contributed by atoms with Gasteiger partial charge in [0.25, 0.3) is 10.5 Å². The predicted octanol–water partition coefficient (Wildman–Crippen LogP) is 2.81. The number of hydrogen-bond donors (Lipinski definition) is 4. The summed E-state index contributed by atoms with van der Waals surface area (Å²) in [6.45, 7) is 10.0. The molecule has 0 aliphatic rings. The van der Waals surface area contributed by atoms with E-state index < -0.39 is 5.24 Å². The van der Waals surface area contributed by atoms with Crippen molar-refractivity contribution in [1.82, 2.24) is 11.1 Å². The molecule has 0 aromatic heterocycles. The molecule has 0 atom stereocenters. The van der Waals surface area contributed by atoms with Crippen molar-refractivity contribution in [3.05, 3.63) is 0 Å². The van der Waals surface area contributed by atoms with Gasteiger partial charge in [-0.15, -0.1) is 0 Å². The molecule has 0 saturated heterocycles. The van der Waals surface area contributed by atoms with Gasteiger partial charge in [0.1, 0.15) is 0 Å². The van der Waals surface area contributed by atoms with Crippen molar-refractivity contribution in [2.75, 3.05) is 13.1 Å². The topological polar surface area (TPSA) is 98.4 Å². The zero-order valence-electron chi connectivity index (χ0n) is 11.0. The molecule has 0 aliphatic carbocycles. The third-order valence-corrected chi connectivity index (χ3v) is 1.72. The second kappa shape index (κ2) is 12.1. The molecule has 0 aliphatic heterocycles. The molecule has 104 valence electrons. The number of rotatable bonds is 4. The standard InChI is InChI=1S/C9H19NOS.CH3NOS.H3N/c1-7(2)5-10(9(11)12)6-8(3)4;2-1(3)4;/h7-8H,5-6H2,1-4H3,(H,11,12);(H3,2,3,4);1H3. The highest BCUT2D eigenvalue weighted by Gasteiger charge is 2.12. The largest absolute Gasteiger partial charge is 0.361 e. The number of nitrogens with zero attached hydrogens (tertiary/aromatic N) is 1. The summed E-state index contributed by atoms with van der Waals surface area (Å²) in [6.07, 6.45) is 0. The molecule has 0 aromatic carbocycles. The Hall–Kier alpha value is -0.400. The zero-order valence-corrected chi connectivity index (χ0v) is 12.8. The van der Waals surface area contributed by atoms with Crippen molar-refractivity contribution in [1.29, 1.82) is 0 Å². The maximum Gasteiger partial charge on any atom is 0.278 e. The van der Waals surface area contributed by atoms with E-state index >= 15 is 0 Å². The average Bonchev–Trinajstić information content (AvgIpc) is 1.99. The fourth-order valence-electron chi connectivity index (χ4n) is 1.11. The summed E-state index contributed by atoms with van der Waals surface area (Å²) in [4.78, 5) is 21.9. The normalized spacial score (nSPS) is 9.18. The van der Waals surface area contributed by atoms with Gasteiger partial charge < -0.3 is 16.8 Å². The van der Waals surface area contributed by atoms with Crippen molar-refractivity contribution in [2.24, 2.45) is 17.6 Å². The molecule has 0 unspecified atom stereocenters. The number of carbonyl (C=O) groups is 2. The van der Waals surface area contributed by atoms with E-state index in [0.717, 1.165) is 13.1 Å². The number of amides is 2. The molecule has 17 heavy (non-hydrogen) atoms. The molecule has 0 aromatic rings. The minimum atomic E-state index is -0.639. The summed E-state index contributed by atoms with van der Waals surface area (Å²) < 4.78 is 0. The summed E-state index contributed by atoms with van der Waals surface area (Å²) in [5.41, 5.74) is 4.34. The van der Waals surface area contributed by atoms with E-state index in [0.29, 0.717) is 11.8 Å². The van der Waals surface area contributed by atoms with Gasteiger partial charge in [0.2, 0.25) is 0 Å².